The van der Waals surface area contributed by atoms with Gasteiger partial charge in [0, 0.05) is 0 Å². The van der Waals surface area contributed by atoms with E-state index in [0.29, 0.717) is 11.3 Å². The Morgan fingerprint density at radius 3 is 1.88 bits per heavy atom. The van der Waals surface area contributed by atoms with Gasteiger partial charge in [-0.3, -0.25) is 0 Å². The molecule has 1 heteroatoms. The molecule has 0 N–H and O–H groups in total. The van der Waals surface area contributed by atoms with Gasteiger partial charge in [-0.2, -0.15) is 0 Å². The summed E-state index contributed by atoms with van der Waals surface area (Å²) in [5.41, 5.74) is 13.5. The average Bonchev–Trinajstić information content (AvgIpc) is 3.41. The average molecular weight is 611 g/mol. The third-order valence-corrected chi connectivity index (χ3v) is 34.3. The van der Waals surface area contributed by atoms with E-state index in [1.165, 1.54) is 32.1 Å². The monoisotopic (exact) mass is 612 g/mol. The number of hydrogen-bond acceptors (Lipinski definition) is 0. The van der Waals surface area contributed by atoms with Crippen LogP contribution in [0.2, 0.25) is 12.5 Å². The zero-order chi connectivity index (χ0) is 24.6. The molecule has 3 aliphatic carbocycles. The van der Waals surface area contributed by atoms with Gasteiger partial charge in [-0.1, -0.05) is 0 Å². The number of benzene rings is 1. The summed E-state index contributed by atoms with van der Waals surface area (Å²) < 4.78 is 6.12. The predicted molar refractivity (Wildman–Crippen MR) is 144 cm³/mol. The van der Waals surface area contributed by atoms with Crippen molar-refractivity contribution < 1.29 is 20.0 Å². The van der Waals surface area contributed by atoms with E-state index in [2.05, 4.69) is 96.0 Å². The Morgan fingerprint density at radius 1 is 0.879 bits per heavy atom. The summed E-state index contributed by atoms with van der Waals surface area (Å²) in [6.45, 7) is 22.1. The fraction of sp³-hybridized carbons (Fsp3) is 0.625. The van der Waals surface area contributed by atoms with Crippen LogP contribution in [0.5, 0.6) is 0 Å². The quantitative estimate of drug-likeness (QED) is 0.281. The van der Waals surface area contributed by atoms with Crippen molar-refractivity contribution in [2.24, 2.45) is 11.3 Å². The van der Waals surface area contributed by atoms with Crippen molar-refractivity contribution in [3.05, 3.63) is 62.8 Å². The molecule has 2 unspecified atom stereocenters. The van der Waals surface area contributed by atoms with E-state index in [4.69, 9.17) is 0 Å². The molecule has 0 amide bonds. The van der Waals surface area contributed by atoms with E-state index < -0.39 is 20.0 Å². The molecule has 180 valence electrons. The summed E-state index contributed by atoms with van der Waals surface area (Å²) >= 11 is -3.14. The van der Waals surface area contributed by atoms with Crippen molar-refractivity contribution in [1.29, 1.82) is 0 Å². The normalized spacial score (nSPS) is 26.3. The number of rotatable bonds is 6. The summed E-state index contributed by atoms with van der Waals surface area (Å²) in [5.74, 6) is 0.673. The SMILES string of the molecule is CCC(C)[C]1([Hf]([CH3])([CH3])[C]2(C)C(C)=C(C)C(C)=C2C)C=Cc2cc3c(cc21)CC(CC)(CC)C3. The molecule has 0 radical (unpaired) electrons. The van der Waals surface area contributed by atoms with Gasteiger partial charge in [-0.25, -0.2) is 0 Å². The molecular weight excluding hydrogens is 563 g/mol. The Morgan fingerprint density at radius 2 is 1.39 bits per heavy atom. The van der Waals surface area contributed by atoms with Crippen LogP contribution in [0.4, 0.5) is 0 Å². The Labute approximate surface area is 209 Å². The molecule has 0 aliphatic heterocycles. The molecule has 0 heterocycles. The minimum atomic E-state index is -3.14. The molecule has 0 bridgehead atoms. The molecule has 0 spiro atoms. The third kappa shape index (κ3) is 3.09. The minimum absolute atomic E-state index is 0.248. The van der Waals surface area contributed by atoms with Crippen LogP contribution in [0, 0.1) is 11.3 Å². The molecule has 0 fully saturated rings. The molecule has 2 atom stereocenters. The van der Waals surface area contributed by atoms with E-state index in [0.717, 1.165) is 0 Å². The Kier molecular flexibility index (Phi) is 6.30. The van der Waals surface area contributed by atoms with Crippen LogP contribution in [0.3, 0.4) is 0 Å². The van der Waals surface area contributed by atoms with Crippen LogP contribution in [-0.4, -0.2) is 0 Å². The topological polar surface area (TPSA) is 0 Å². The molecule has 0 nitrogen and oxygen atoms in total. The fourth-order valence-electron chi connectivity index (χ4n) is 8.32. The molecular formula is C32H48Hf. The van der Waals surface area contributed by atoms with Crippen molar-refractivity contribution in [1.82, 2.24) is 0 Å². The van der Waals surface area contributed by atoms with E-state index in [1.54, 1.807) is 44.5 Å². The van der Waals surface area contributed by atoms with Gasteiger partial charge in [0.25, 0.3) is 0 Å². The van der Waals surface area contributed by atoms with Gasteiger partial charge in [0.05, 0.1) is 0 Å². The Hall–Kier alpha value is -0.690. The standard InChI is InChI=1S/C20H27.C10H15.2CH3.Hf/c1-5-14(4)18-9-8-15-10-16-12-20(6-2,7-3)13-17(16)11-19(15)18;1-6-7(2)9(4)10(5)8(6)3;;;/h8-11,14H,5-7,12-13H2,1-4H3;1-5H3;2*1H3;. The predicted octanol–water partition coefficient (Wildman–Crippen LogP) is 9.97. The van der Waals surface area contributed by atoms with E-state index in [1.807, 2.05) is 0 Å². The van der Waals surface area contributed by atoms with E-state index in [-0.39, 0.29) is 6.34 Å². The van der Waals surface area contributed by atoms with E-state index in [9.17, 15) is 0 Å². The maximum atomic E-state index is 2.80. The van der Waals surface area contributed by atoms with Gasteiger partial charge in [-0.15, -0.1) is 0 Å². The van der Waals surface area contributed by atoms with Gasteiger partial charge in [0.2, 0.25) is 0 Å². The maximum absolute atomic E-state index is 3.14. The molecule has 0 aromatic heterocycles. The summed E-state index contributed by atoms with van der Waals surface area (Å²) in [6.07, 6.45) is 11.7. The molecule has 33 heavy (non-hydrogen) atoms. The second kappa shape index (κ2) is 8.18. The Bertz CT molecular complexity index is 1050. The number of fused-ring (bicyclic) bond motifs is 2. The zero-order valence-corrected chi connectivity index (χ0v) is 27.0. The molecule has 1 aromatic carbocycles. The van der Waals surface area contributed by atoms with Gasteiger partial charge in [0.15, 0.2) is 0 Å². The van der Waals surface area contributed by atoms with Crippen molar-refractivity contribution in [3.63, 3.8) is 0 Å². The van der Waals surface area contributed by atoms with Gasteiger partial charge in [-0.05, 0) is 0 Å². The number of allylic oxidation sites excluding steroid dienone is 5. The third-order valence-electron chi connectivity index (χ3n) is 11.8. The second-order valence-corrected chi connectivity index (χ2v) is 30.8. The summed E-state index contributed by atoms with van der Waals surface area (Å²) in [5, 5.41) is 0. The summed E-state index contributed by atoms with van der Waals surface area (Å²) in [4.78, 5) is 0. The summed E-state index contributed by atoms with van der Waals surface area (Å²) in [7, 11) is 0. The van der Waals surface area contributed by atoms with Crippen LogP contribution in [0.25, 0.3) is 6.08 Å². The van der Waals surface area contributed by atoms with Crippen molar-refractivity contribution >= 4 is 6.08 Å². The second-order valence-electron chi connectivity index (χ2n) is 12.5. The zero-order valence-electron chi connectivity index (χ0n) is 23.4. The van der Waals surface area contributed by atoms with Gasteiger partial charge >= 0.3 is 210 Å². The van der Waals surface area contributed by atoms with Gasteiger partial charge < -0.3 is 0 Å². The van der Waals surface area contributed by atoms with Crippen molar-refractivity contribution in [3.8, 4) is 0 Å². The fourth-order valence-corrected chi connectivity index (χ4v) is 29.5. The molecule has 0 saturated carbocycles. The van der Waals surface area contributed by atoms with Crippen LogP contribution in [0.15, 0.2) is 40.5 Å². The number of hydrogen-bond donors (Lipinski definition) is 0. The first-order valence-electron chi connectivity index (χ1n) is 13.6. The first kappa shape index (κ1) is 25.4. The molecule has 0 saturated heterocycles. The summed E-state index contributed by atoms with van der Waals surface area (Å²) in [6, 6.07) is 5.34. The molecule has 3 aliphatic rings. The van der Waals surface area contributed by atoms with Crippen LogP contribution in [-0.2, 0) is 36.0 Å². The Balaban J connectivity index is 1.95. The molecule has 4 rings (SSSR count). The van der Waals surface area contributed by atoms with Crippen LogP contribution < -0.4 is 0 Å². The van der Waals surface area contributed by atoms with Crippen molar-refractivity contribution in [2.75, 3.05) is 0 Å². The molecule has 1 aromatic rings. The van der Waals surface area contributed by atoms with Crippen molar-refractivity contribution in [2.45, 2.75) is 110 Å². The first-order valence-corrected chi connectivity index (χ1v) is 24.4. The van der Waals surface area contributed by atoms with E-state index >= 15 is 0 Å². The van der Waals surface area contributed by atoms with Gasteiger partial charge in [0.1, 0.15) is 0 Å². The first-order chi connectivity index (χ1) is 15.4. The van der Waals surface area contributed by atoms with Crippen LogP contribution >= 0.6 is 0 Å². The van der Waals surface area contributed by atoms with Crippen LogP contribution in [0.1, 0.15) is 104 Å².